The lowest BCUT2D eigenvalue weighted by molar-refractivity contribution is 0.0909. The lowest BCUT2D eigenvalue weighted by atomic mass is 10.2. The van der Waals surface area contributed by atoms with Gasteiger partial charge in [-0.15, -0.1) is 0 Å². The second kappa shape index (κ2) is 8.22. The van der Waals surface area contributed by atoms with Gasteiger partial charge in [-0.2, -0.15) is 0 Å². The molecule has 148 valence electrons. The third-order valence-electron chi connectivity index (χ3n) is 4.77. The Kier molecular flexibility index (Phi) is 5.33. The summed E-state index contributed by atoms with van der Waals surface area (Å²) in [7, 11) is 0. The molecule has 2 aromatic heterocycles. The number of hydrogen-bond donors (Lipinski definition) is 1. The van der Waals surface area contributed by atoms with Crippen molar-refractivity contribution in [1.82, 2.24) is 14.9 Å². The first-order valence-corrected chi connectivity index (χ1v) is 9.61. The number of amides is 1. The minimum Gasteiger partial charge on any atom is -0.492 e. The number of hydrogen-bond acceptors (Lipinski definition) is 4. The van der Waals surface area contributed by atoms with Gasteiger partial charge in [0.05, 0.1) is 29.9 Å². The Morgan fingerprint density at radius 1 is 1.14 bits per heavy atom. The van der Waals surface area contributed by atoms with Gasteiger partial charge in [-0.1, -0.05) is 29.8 Å². The number of carbonyl (C=O) groups is 1. The predicted molar refractivity (Wildman–Crippen MR) is 111 cm³/mol. The van der Waals surface area contributed by atoms with Crippen molar-refractivity contribution >= 4 is 16.9 Å². The van der Waals surface area contributed by atoms with Crippen LogP contribution in [0.15, 0.2) is 71.3 Å². The number of aromatic nitrogens is 2. The molecule has 0 saturated carbocycles. The summed E-state index contributed by atoms with van der Waals surface area (Å²) in [6.07, 6.45) is 1.48. The van der Waals surface area contributed by atoms with Gasteiger partial charge in [0, 0.05) is 0 Å². The maximum atomic E-state index is 12.4. The highest BCUT2D eigenvalue weighted by atomic mass is 16.5. The summed E-state index contributed by atoms with van der Waals surface area (Å²) in [5.74, 6) is 1.62. The van der Waals surface area contributed by atoms with Crippen LogP contribution < -0.4 is 10.1 Å². The highest BCUT2D eigenvalue weighted by Crippen LogP contribution is 2.21. The molecular formula is C23H23N3O3. The molecule has 2 heterocycles. The third-order valence-corrected chi connectivity index (χ3v) is 4.77. The third kappa shape index (κ3) is 4.16. The van der Waals surface area contributed by atoms with Crippen LogP contribution in [0, 0.1) is 6.92 Å². The van der Waals surface area contributed by atoms with Crippen LogP contribution in [0.5, 0.6) is 5.75 Å². The van der Waals surface area contributed by atoms with E-state index in [4.69, 9.17) is 14.1 Å². The number of nitrogens with zero attached hydrogens (tertiary/aromatic N) is 2. The van der Waals surface area contributed by atoms with Crippen LogP contribution in [-0.4, -0.2) is 22.1 Å². The van der Waals surface area contributed by atoms with Crippen LogP contribution in [0.4, 0.5) is 0 Å². The van der Waals surface area contributed by atoms with Crippen LogP contribution in [0.2, 0.25) is 0 Å². The predicted octanol–water partition coefficient (Wildman–Crippen LogP) is 4.51. The van der Waals surface area contributed by atoms with Gasteiger partial charge in [0.15, 0.2) is 5.76 Å². The van der Waals surface area contributed by atoms with Crippen molar-refractivity contribution in [2.45, 2.75) is 26.4 Å². The van der Waals surface area contributed by atoms with Crippen LogP contribution in [0.3, 0.4) is 0 Å². The molecule has 6 nitrogen and oxygen atoms in total. The molecular weight excluding hydrogens is 366 g/mol. The lowest BCUT2D eigenvalue weighted by Crippen LogP contribution is -2.28. The minimum atomic E-state index is -0.292. The molecule has 1 atom stereocenters. The Balaban J connectivity index is 1.53. The fraction of sp³-hybridized carbons (Fsp3) is 0.217. The van der Waals surface area contributed by atoms with Gasteiger partial charge in [0.2, 0.25) is 0 Å². The summed E-state index contributed by atoms with van der Waals surface area (Å²) in [6, 6.07) is 19.0. The fourth-order valence-corrected chi connectivity index (χ4v) is 3.29. The first kappa shape index (κ1) is 18.8. The van der Waals surface area contributed by atoms with E-state index in [2.05, 4.69) is 9.88 Å². The maximum absolute atomic E-state index is 12.4. The zero-order valence-electron chi connectivity index (χ0n) is 16.5. The summed E-state index contributed by atoms with van der Waals surface area (Å²) in [5.41, 5.74) is 3.09. The van der Waals surface area contributed by atoms with Crippen LogP contribution in [0.25, 0.3) is 11.0 Å². The second-order valence-electron chi connectivity index (χ2n) is 6.94. The number of nitrogens with one attached hydrogen (secondary N) is 1. The molecule has 0 radical (unpaired) electrons. The van der Waals surface area contributed by atoms with E-state index in [0.29, 0.717) is 13.2 Å². The van der Waals surface area contributed by atoms with Crippen molar-refractivity contribution in [2.75, 3.05) is 6.61 Å². The van der Waals surface area contributed by atoms with Crippen molar-refractivity contribution in [1.29, 1.82) is 0 Å². The number of aryl methyl sites for hydroxylation is 1. The van der Waals surface area contributed by atoms with Gasteiger partial charge in [0.1, 0.15) is 18.2 Å². The topological polar surface area (TPSA) is 69.3 Å². The van der Waals surface area contributed by atoms with Gasteiger partial charge in [-0.25, -0.2) is 4.98 Å². The number of imidazole rings is 1. The van der Waals surface area contributed by atoms with E-state index >= 15 is 0 Å². The van der Waals surface area contributed by atoms with E-state index in [9.17, 15) is 4.79 Å². The molecule has 0 spiro atoms. The molecule has 4 rings (SSSR count). The van der Waals surface area contributed by atoms with Gasteiger partial charge in [0.25, 0.3) is 5.91 Å². The maximum Gasteiger partial charge on any atom is 0.287 e. The van der Waals surface area contributed by atoms with Gasteiger partial charge in [-0.05, 0) is 50.2 Å². The van der Waals surface area contributed by atoms with Crippen LogP contribution >= 0.6 is 0 Å². The van der Waals surface area contributed by atoms with Crippen molar-refractivity contribution in [2.24, 2.45) is 0 Å². The fourth-order valence-electron chi connectivity index (χ4n) is 3.29. The molecule has 1 N–H and O–H groups in total. The first-order valence-electron chi connectivity index (χ1n) is 9.61. The zero-order chi connectivity index (χ0) is 20.2. The number of fused-ring (bicyclic) bond motifs is 1. The summed E-state index contributed by atoms with van der Waals surface area (Å²) < 4.78 is 13.2. The summed E-state index contributed by atoms with van der Waals surface area (Å²) in [4.78, 5) is 17.1. The summed E-state index contributed by atoms with van der Waals surface area (Å²) in [5, 5.41) is 2.96. The lowest BCUT2D eigenvalue weighted by Gasteiger charge is -2.16. The molecule has 0 saturated heterocycles. The smallest absolute Gasteiger partial charge is 0.287 e. The molecule has 4 aromatic rings. The highest BCUT2D eigenvalue weighted by molar-refractivity contribution is 5.91. The highest BCUT2D eigenvalue weighted by Gasteiger charge is 2.20. The molecule has 0 fully saturated rings. The van der Waals surface area contributed by atoms with E-state index in [1.165, 1.54) is 11.8 Å². The Labute approximate surface area is 169 Å². The molecule has 6 heteroatoms. The number of para-hydroxylation sites is 2. The zero-order valence-corrected chi connectivity index (χ0v) is 16.5. The normalized spacial score (nSPS) is 12.1. The molecule has 0 bridgehead atoms. The van der Waals surface area contributed by atoms with E-state index in [-0.39, 0.29) is 17.7 Å². The Hall–Kier alpha value is -3.54. The van der Waals surface area contributed by atoms with Crippen molar-refractivity contribution in [3.8, 4) is 5.75 Å². The number of furan rings is 1. The minimum absolute atomic E-state index is 0.267. The van der Waals surface area contributed by atoms with Crippen molar-refractivity contribution in [3.63, 3.8) is 0 Å². The number of benzene rings is 2. The second-order valence-corrected chi connectivity index (χ2v) is 6.94. The van der Waals surface area contributed by atoms with Gasteiger partial charge in [-0.3, -0.25) is 4.79 Å². The monoisotopic (exact) mass is 389 g/mol. The van der Waals surface area contributed by atoms with Crippen LogP contribution in [0.1, 0.15) is 34.9 Å². The average molecular weight is 389 g/mol. The van der Waals surface area contributed by atoms with E-state index in [1.807, 2.05) is 62.4 Å². The molecule has 0 aliphatic rings. The van der Waals surface area contributed by atoms with Gasteiger partial charge >= 0.3 is 0 Å². The molecule has 29 heavy (non-hydrogen) atoms. The largest absolute Gasteiger partial charge is 0.492 e. The standard InChI is InChI=1S/C23H23N3O3/c1-16-9-11-18(12-10-16)28-15-13-26-20-7-4-3-6-19(20)25-22(26)17(2)24-23(27)21-8-5-14-29-21/h3-12,14,17H,13,15H2,1-2H3,(H,24,27). The van der Waals surface area contributed by atoms with Crippen molar-refractivity contribution in [3.05, 3.63) is 84.1 Å². The number of carbonyl (C=O) groups excluding carboxylic acids is 1. The summed E-state index contributed by atoms with van der Waals surface area (Å²) >= 11 is 0. The Bertz CT molecular complexity index is 1100. The van der Waals surface area contributed by atoms with E-state index in [0.717, 1.165) is 22.6 Å². The van der Waals surface area contributed by atoms with Crippen molar-refractivity contribution < 1.29 is 13.9 Å². The quantitative estimate of drug-likeness (QED) is 0.505. The van der Waals surface area contributed by atoms with E-state index in [1.54, 1.807) is 12.1 Å². The average Bonchev–Trinajstić information content (AvgIpc) is 3.38. The van der Waals surface area contributed by atoms with Gasteiger partial charge < -0.3 is 19.0 Å². The Morgan fingerprint density at radius 3 is 2.69 bits per heavy atom. The summed E-state index contributed by atoms with van der Waals surface area (Å²) in [6.45, 7) is 5.07. The SMILES string of the molecule is Cc1ccc(OCCn2c(C(C)NC(=O)c3ccco3)nc3ccccc32)cc1. The first-order chi connectivity index (χ1) is 14.1. The number of ether oxygens (including phenoxy) is 1. The molecule has 1 amide bonds. The molecule has 1 unspecified atom stereocenters. The molecule has 2 aromatic carbocycles. The molecule has 0 aliphatic heterocycles. The molecule has 0 aliphatic carbocycles. The Morgan fingerprint density at radius 2 is 1.93 bits per heavy atom. The van der Waals surface area contributed by atoms with E-state index < -0.39 is 0 Å². The number of rotatable bonds is 7. The van der Waals surface area contributed by atoms with Crippen LogP contribution in [-0.2, 0) is 6.54 Å².